The minimum atomic E-state index is -0.427. The predicted octanol–water partition coefficient (Wildman–Crippen LogP) is -2.48. The lowest BCUT2D eigenvalue weighted by Gasteiger charge is -2.13. The average Bonchev–Trinajstić information content (AvgIpc) is 2.03. The fourth-order valence-electron chi connectivity index (χ4n) is 1.22. The van der Waals surface area contributed by atoms with Crippen molar-refractivity contribution in [3.63, 3.8) is 0 Å². The zero-order valence-electron chi connectivity index (χ0n) is 8.30. The third kappa shape index (κ3) is 4.29. The van der Waals surface area contributed by atoms with E-state index in [1.165, 1.54) is 4.90 Å². The molecule has 0 aliphatic heterocycles. The van der Waals surface area contributed by atoms with Gasteiger partial charge < -0.3 is 22.4 Å². The quantitative estimate of drug-likeness (QED) is 0.597. The maximum Gasteiger partial charge on any atom is 0.128 e. The van der Waals surface area contributed by atoms with Gasteiger partial charge in [-0.2, -0.15) is 0 Å². The number of likely N-dealkylation sites (N-methyl/N-ethyl adjacent to an activating group) is 1. The van der Waals surface area contributed by atoms with Crippen LogP contribution in [0.2, 0.25) is 5.02 Å². The van der Waals surface area contributed by atoms with E-state index in [2.05, 4.69) is 0 Å². The van der Waals surface area contributed by atoms with Crippen molar-refractivity contribution in [1.29, 1.82) is 0 Å². The Balaban J connectivity index is 0.00000169. The largest absolute Gasteiger partial charge is 1.00 e. The van der Waals surface area contributed by atoms with Crippen molar-refractivity contribution in [2.24, 2.45) is 0 Å². The SMILES string of the molecule is C[NH+](C)C[C@H](O)c1cccc(Cl)c1.[Cl-]. The molecule has 1 aromatic carbocycles. The highest BCUT2D eigenvalue weighted by atomic mass is 35.5. The molecule has 0 saturated heterocycles. The van der Waals surface area contributed by atoms with E-state index < -0.39 is 6.10 Å². The minimum Gasteiger partial charge on any atom is -1.00 e. The van der Waals surface area contributed by atoms with Gasteiger partial charge in [-0.25, -0.2) is 0 Å². The summed E-state index contributed by atoms with van der Waals surface area (Å²) in [5.74, 6) is 0. The van der Waals surface area contributed by atoms with Crippen LogP contribution in [0.4, 0.5) is 0 Å². The zero-order chi connectivity index (χ0) is 9.84. The smallest absolute Gasteiger partial charge is 0.128 e. The van der Waals surface area contributed by atoms with E-state index >= 15 is 0 Å². The van der Waals surface area contributed by atoms with Crippen LogP contribution in [0.3, 0.4) is 0 Å². The molecule has 2 N–H and O–H groups in total. The summed E-state index contributed by atoms with van der Waals surface area (Å²) in [6, 6.07) is 7.35. The van der Waals surface area contributed by atoms with E-state index in [9.17, 15) is 5.11 Å². The first-order valence-corrected chi connectivity index (χ1v) is 4.70. The number of aliphatic hydroxyl groups excluding tert-OH is 1. The summed E-state index contributed by atoms with van der Waals surface area (Å²) in [4.78, 5) is 1.22. The summed E-state index contributed by atoms with van der Waals surface area (Å²) in [7, 11) is 4.02. The third-order valence-corrected chi connectivity index (χ3v) is 2.07. The molecule has 0 spiro atoms. The van der Waals surface area contributed by atoms with Crippen LogP contribution in [0.1, 0.15) is 11.7 Å². The molecule has 0 amide bonds. The molecule has 1 aromatic rings. The van der Waals surface area contributed by atoms with Crippen molar-refractivity contribution in [1.82, 2.24) is 0 Å². The molecular weight excluding hydrogens is 221 g/mol. The van der Waals surface area contributed by atoms with Gasteiger partial charge in [-0.05, 0) is 17.7 Å². The van der Waals surface area contributed by atoms with Crippen LogP contribution in [-0.4, -0.2) is 25.7 Å². The van der Waals surface area contributed by atoms with E-state index in [1.807, 2.05) is 26.2 Å². The Bertz CT molecular complexity index is 279. The summed E-state index contributed by atoms with van der Waals surface area (Å²) < 4.78 is 0. The van der Waals surface area contributed by atoms with Gasteiger partial charge in [0.1, 0.15) is 12.6 Å². The Kier molecular flexibility index (Phi) is 6.12. The van der Waals surface area contributed by atoms with Gasteiger partial charge >= 0.3 is 0 Å². The molecule has 2 nitrogen and oxygen atoms in total. The van der Waals surface area contributed by atoms with Crippen molar-refractivity contribution in [2.75, 3.05) is 20.6 Å². The summed E-state index contributed by atoms with van der Waals surface area (Å²) in [5.41, 5.74) is 0.883. The Morgan fingerprint density at radius 2 is 2.07 bits per heavy atom. The fourth-order valence-corrected chi connectivity index (χ4v) is 1.42. The number of hydrogen-bond donors (Lipinski definition) is 2. The second-order valence-electron chi connectivity index (χ2n) is 3.48. The highest BCUT2D eigenvalue weighted by molar-refractivity contribution is 6.30. The van der Waals surface area contributed by atoms with Crippen LogP contribution in [0.5, 0.6) is 0 Å². The summed E-state index contributed by atoms with van der Waals surface area (Å²) in [6.07, 6.45) is -0.427. The van der Waals surface area contributed by atoms with Crippen LogP contribution in [-0.2, 0) is 0 Å². The highest BCUT2D eigenvalue weighted by Crippen LogP contribution is 2.16. The summed E-state index contributed by atoms with van der Waals surface area (Å²) >= 11 is 5.81. The van der Waals surface area contributed by atoms with Gasteiger partial charge in [0.25, 0.3) is 0 Å². The maximum atomic E-state index is 9.74. The van der Waals surface area contributed by atoms with Gasteiger partial charge in [0.05, 0.1) is 14.1 Å². The molecule has 0 aromatic heterocycles. The van der Waals surface area contributed by atoms with E-state index in [0.717, 1.165) is 5.56 Å². The summed E-state index contributed by atoms with van der Waals surface area (Å²) in [6.45, 7) is 0.695. The number of rotatable bonds is 3. The standard InChI is InChI=1S/C10H14ClNO.ClH/c1-12(2)7-10(13)8-4-3-5-9(11)6-8;/h3-6,10,13H,7H2,1-2H3;1H/t10-;/m0./s1. The highest BCUT2D eigenvalue weighted by Gasteiger charge is 2.10. The fraction of sp³-hybridized carbons (Fsp3) is 0.400. The van der Waals surface area contributed by atoms with Crippen molar-refractivity contribution >= 4 is 11.6 Å². The van der Waals surface area contributed by atoms with Crippen LogP contribution in [0, 0.1) is 0 Å². The van der Waals surface area contributed by atoms with E-state index in [4.69, 9.17) is 11.6 Å². The molecular formula is C10H15Cl2NO. The van der Waals surface area contributed by atoms with Crippen LogP contribution < -0.4 is 17.3 Å². The van der Waals surface area contributed by atoms with Crippen molar-refractivity contribution in [2.45, 2.75) is 6.10 Å². The number of nitrogens with one attached hydrogen (secondary N) is 1. The van der Waals surface area contributed by atoms with Crippen molar-refractivity contribution in [3.05, 3.63) is 34.9 Å². The maximum absolute atomic E-state index is 9.74. The Labute approximate surface area is 95.9 Å². The second kappa shape index (κ2) is 6.25. The van der Waals surface area contributed by atoms with Crippen LogP contribution >= 0.6 is 11.6 Å². The first-order chi connectivity index (χ1) is 6.09. The molecule has 1 atom stereocenters. The lowest BCUT2D eigenvalue weighted by atomic mass is 10.1. The normalized spacial score (nSPS) is 12.4. The zero-order valence-corrected chi connectivity index (χ0v) is 9.81. The molecule has 0 aliphatic rings. The predicted molar refractivity (Wildman–Crippen MR) is 54.1 cm³/mol. The molecule has 14 heavy (non-hydrogen) atoms. The first kappa shape index (κ1) is 13.7. The van der Waals surface area contributed by atoms with Gasteiger partial charge in [0.15, 0.2) is 0 Å². The number of benzene rings is 1. The van der Waals surface area contributed by atoms with Gasteiger partial charge in [-0.1, -0.05) is 23.7 Å². The van der Waals surface area contributed by atoms with Crippen LogP contribution in [0.15, 0.2) is 24.3 Å². The Hall–Kier alpha value is -0.280. The molecule has 0 unspecified atom stereocenters. The Morgan fingerprint density at radius 1 is 1.43 bits per heavy atom. The second-order valence-corrected chi connectivity index (χ2v) is 3.92. The minimum absolute atomic E-state index is 0. The molecule has 0 heterocycles. The van der Waals surface area contributed by atoms with E-state index in [0.29, 0.717) is 11.6 Å². The molecule has 0 saturated carbocycles. The third-order valence-electron chi connectivity index (χ3n) is 1.84. The van der Waals surface area contributed by atoms with Crippen molar-refractivity contribution < 1.29 is 22.4 Å². The average molecular weight is 236 g/mol. The molecule has 0 radical (unpaired) electrons. The van der Waals surface area contributed by atoms with Crippen molar-refractivity contribution in [3.8, 4) is 0 Å². The van der Waals surface area contributed by atoms with Gasteiger partial charge in [-0.3, -0.25) is 0 Å². The number of halogens is 2. The topological polar surface area (TPSA) is 24.7 Å². The molecule has 0 fully saturated rings. The van der Waals surface area contributed by atoms with Gasteiger partial charge in [0.2, 0.25) is 0 Å². The lowest BCUT2D eigenvalue weighted by molar-refractivity contribution is -0.862. The Morgan fingerprint density at radius 3 is 2.57 bits per heavy atom. The van der Waals surface area contributed by atoms with Gasteiger partial charge in [0, 0.05) is 5.02 Å². The van der Waals surface area contributed by atoms with Gasteiger partial charge in [-0.15, -0.1) is 0 Å². The lowest BCUT2D eigenvalue weighted by Crippen LogP contribution is -3.06. The molecule has 80 valence electrons. The number of hydrogen-bond acceptors (Lipinski definition) is 1. The van der Waals surface area contributed by atoms with E-state index in [-0.39, 0.29) is 12.4 Å². The molecule has 0 aliphatic carbocycles. The molecule has 0 bridgehead atoms. The van der Waals surface area contributed by atoms with E-state index in [1.54, 1.807) is 12.1 Å². The van der Waals surface area contributed by atoms with Crippen LogP contribution in [0.25, 0.3) is 0 Å². The molecule has 1 rings (SSSR count). The number of aliphatic hydroxyl groups is 1. The monoisotopic (exact) mass is 235 g/mol. The summed E-state index contributed by atoms with van der Waals surface area (Å²) in [5, 5.41) is 10.4. The number of quaternary nitrogens is 1. The first-order valence-electron chi connectivity index (χ1n) is 4.32. The molecule has 4 heteroatoms.